The maximum atomic E-state index is 15.7. The van der Waals surface area contributed by atoms with E-state index >= 15 is 28.8 Å². The Morgan fingerprint density at radius 3 is 1.92 bits per heavy atom. The molecule has 0 aromatic heterocycles. The van der Waals surface area contributed by atoms with Gasteiger partial charge in [0.1, 0.15) is 53.6 Å². The number of fused-ring (bicyclic) bond motifs is 1. The largest absolute Gasteiger partial charge is 0.496 e. The van der Waals surface area contributed by atoms with E-state index in [0.717, 1.165) is 38.3 Å². The van der Waals surface area contributed by atoms with Crippen molar-refractivity contribution in [2.24, 2.45) is 17.3 Å². The second-order valence-corrected chi connectivity index (χ2v) is 29.9. The molecule has 4 fully saturated rings. The number of carbonyl (C=O) groups is 12. The zero-order valence-electron chi connectivity index (χ0n) is 65.0. The summed E-state index contributed by atoms with van der Waals surface area (Å²) in [4.78, 5) is 191. The van der Waals surface area contributed by atoms with E-state index in [1.807, 2.05) is 45.0 Å². The van der Waals surface area contributed by atoms with Crippen LogP contribution in [0.4, 0.5) is 13.2 Å². The zero-order chi connectivity index (χ0) is 78.9. The summed E-state index contributed by atoms with van der Waals surface area (Å²) >= 11 is 0. The molecule has 106 heavy (non-hydrogen) atoms. The quantitative estimate of drug-likeness (QED) is 0.161. The molecule has 6 rings (SSSR count). The van der Waals surface area contributed by atoms with Crippen LogP contribution in [0.2, 0.25) is 0 Å². The first kappa shape index (κ1) is 86.3. The molecule has 8 atom stereocenters. The lowest BCUT2D eigenvalue weighted by Gasteiger charge is -2.54. The van der Waals surface area contributed by atoms with Crippen LogP contribution in [0.5, 0.6) is 5.75 Å². The predicted octanol–water partition coefficient (Wildman–Crippen LogP) is 5.26. The molecule has 3 N–H and O–H groups in total. The van der Waals surface area contributed by atoms with Gasteiger partial charge in [-0.05, 0) is 131 Å². The number of ether oxygens (including phenoxy) is 2. The smallest absolute Gasteiger partial charge is 0.419 e. The molecule has 2 aliphatic heterocycles. The fourth-order valence-corrected chi connectivity index (χ4v) is 15.1. The lowest BCUT2D eigenvalue weighted by molar-refractivity contribution is -0.161. The van der Waals surface area contributed by atoms with Gasteiger partial charge in [-0.2, -0.15) is 13.2 Å². The maximum absolute atomic E-state index is 15.7. The van der Waals surface area contributed by atoms with Crippen LogP contribution in [0.15, 0.2) is 54.6 Å². The molecule has 2 heterocycles. The molecular formula is C77H115F3N12O14. The Morgan fingerprint density at radius 1 is 0.717 bits per heavy atom. The molecule has 588 valence electrons. The molecule has 12 amide bonds. The second kappa shape index (κ2) is 38.3. The van der Waals surface area contributed by atoms with Gasteiger partial charge in [0.05, 0.1) is 45.3 Å². The van der Waals surface area contributed by atoms with Crippen LogP contribution < -0.4 is 20.7 Å². The summed E-state index contributed by atoms with van der Waals surface area (Å²) in [7, 11) is 10.9. The summed E-state index contributed by atoms with van der Waals surface area (Å²) in [5.74, 6) is -9.99. The highest BCUT2D eigenvalue weighted by Gasteiger charge is 2.59. The van der Waals surface area contributed by atoms with E-state index in [1.54, 1.807) is 46.8 Å². The molecule has 4 aliphatic rings. The molecule has 2 aromatic carbocycles. The lowest BCUT2D eigenvalue weighted by Crippen LogP contribution is -2.71. The third kappa shape index (κ3) is 21.6. The van der Waals surface area contributed by atoms with Crippen molar-refractivity contribution in [1.29, 1.82) is 0 Å². The number of methoxy groups -OCH3 is 1. The molecule has 2 unspecified atom stereocenters. The fourth-order valence-electron chi connectivity index (χ4n) is 15.1. The summed E-state index contributed by atoms with van der Waals surface area (Å²) < 4.78 is 53.4. The van der Waals surface area contributed by atoms with Crippen LogP contribution in [0.3, 0.4) is 0 Å². The number of hydrogen-bond acceptors (Lipinski definition) is 14. The van der Waals surface area contributed by atoms with Crippen molar-refractivity contribution >= 4 is 70.9 Å². The van der Waals surface area contributed by atoms with Gasteiger partial charge in [0.15, 0.2) is 0 Å². The summed E-state index contributed by atoms with van der Waals surface area (Å²) in [6.45, 7) is 12.5. The van der Waals surface area contributed by atoms with Crippen LogP contribution >= 0.6 is 0 Å². The Kier molecular flexibility index (Phi) is 31.1. The third-order valence-corrected chi connectivity index (χ3v) is 21.6. The van der Waals surface area contributed by atoms with E-state index in [4.69, 9.17) is 9.47 Å². The SMILES string of the molecule is C/C=C\CCN1C(=O)CN(C)C(=O)CN(C)C(=O)C([C@@H](C)CC)NC(=O)[C@H](COCC)N(C)C(=O)C[C@@H](C(=O)N(C)CC)N(C)C(=O)[C@H](C2CCCC2)N(C)C(=O)C2(CC(C)(C)C2)NC(=O)[C@@H]2CCCN2C(=O)[C@H](CCc2ccc(C(F)(F)F)c(OC)c2)NC(=O)CN(C)C(=O)C1Cc1ccc(CC)cc1. The average molecular weight is 1490 g/mol. The third-order valence-electron chi connectivity index (χ3n) is 21.6. The normalized spacial score (nSPS) is 24.4. The van der Waals surface area contributed by atoms with Crippen molar-refractivity contribution in [3.05, 3.63) is 76.9 Å². The van der Waals surface area contributed by atoms with Gasteiger partial charge in [-0.15, -0.1) is 0 Å². The predicted molar refractivity (Wildman–Crippen MR) is 392 cm³/mol. The molecule has 0 radical (unpaired) electrons. The van der Waals surface area contributed by atoms with E-state index in [9.17, 15) is 41.9 Å². The van der Waals surface area contributed by atoms with Gasteiger partial charge in [0.2, 0.25) is 70.9 Å². The summed E-state index contributed by atoms with van der Waals surface area (Å²) in [5.41, 5.74) is -1.25. The van der Waals surface area contributed by atoms with Crippen molar-refractivity contribution in [3.8, 4) is 5.75 Å². The van der Waals surface area contributed by atoms with Gasteiger partial charge in [0.25, 0.3) is 0 Å². The van der Waals surface area contributed by atoms with Crippen molar-refractivity contribution in [3.63, 3.8) is 0 Å². The minimum absolute atomic E-state index is 0.00476. The van der Waals surface area contributed by atoms with Crippen LogP contribution in [0.25, 0.3) is 0 Å². The number of alkyl halides is 3. The topological polar surface area (TPSA) is 289 Å². The number of aryl methyl sites for hydroxylation is 2. The van der Waals surface area contributed by atoms with Gasteiger partial charge in [0, 0.05) is 82.0 Å². The molecular weight excluding hydrogens is 1370 g/mol. The van der Waals surface area contributed by atoms with Crippen molar-refractivity contribution in [2.75, 3.05) is 109 Å². The van der Waals surface area contributed by atoms with Crippen molar-refractivity contribution < 1.29 is 80.2 Å². The monoisotopic (exact) mass is 1490 g/mol. The average Bonchev–Trinajstić information content (AvgIpc) is 0.888. The van der Waals surface area contributed by atoms with Crippen molar-refractivity contribution in [2.45, 2.75) is 206 Å². The summed E-state index contributed by atoms with van der Waals surface area (Å²) in [6, 6.07) is 1.27. The first-order valence-corrected chi connectivity index (χ1v) is 37.2. The second-order valence-electron chi connectivity index (χ2n) is 29.9. The number of halogens is 3. The fraction of sp³-hybridized carbons (Fsp3) is 0.662. The number of nitrogens with one attached hydrogen (secondary N) is 3. The molecule has 2 aliphatic carbocycles. The molecule has 26 nitrogen and oxygen atoms in total. The Hall–Kier alpha value is -8.63. The van der Waals surface area contributed by atoms with Gasteiger partial charge >= 0.3 is 6.18 Å². The Balaban J connectivity index is 1.49. The number of benzene rings is 2. The van der Waals surface area contributed by atoms with Gasteiger partial charge in [-0.1, -0.05) is 96.4 Å². The highest BCUT2D eigenvalue weighted by molar-refractivity contribution is 6.01. The van der Waals surface area contributed by atoms with E-state index in [2.05, 4.69) is 16.0 Å². The highest BCUT2D eigenvalue weighted by atomic mass is 19.4. The Bertz CT molecular complexity index is 3490. The first-order valence-electron chi connectivity index (χ1n) is 37.2. The zero-order valence-corrected chi connectivity index (χ0v) is 65.0. The minimum Gasteiger partial charge on any atom is -0.496 e. The molecule has 2 saturated heterocycles. The van der Waals surface area contributed by atoms with E-state index < -0.39 is 180 Å². The van der Waals surface area contributed by atoms with Crippen molar-refractivity contribution in [1.82, 2.24) is 60.0 Å². The number of hydrogen-bond donors (Lipinski definition) is 3. The summed E-state index contributed by atoms with van der Waals surface area (Å²) in [5, 5.41) is 8.66. The first-order chi connectivity index (χ1) is 49.9. The van der Waals surface area contributed by atoms with Crippen LogP contribution in [0.1, 0.15) is 155 Å². The number of carbonyl (C=O) groups excluding carboxylic acids is 12. The van der Waals surface area contributed by atoms with E-state index in [0.29, 0.717) is 56.1 Å². The molecule has 2 aromatic rings. The van der Waals surface area contributed by atoms with Gasteiger partial charge < -0.3 is 69.5 Å². The van der Waals surface area contributed by atoms with Gasteiger partial charge in [-0.25, -0.2) is 0 Å². The van der Waals surface area contributed by atoms with Crippen LogP contribution in [-0.2, 0) is 87.7 Å². The Labute approximate surface area is 623 Å². The van der Waals surface area contributed by atoms with Crippen LogP contribution in [-0.4, -0.2) is 272 Å². The molecule has 0 bridgehead atoms. The van der Waals surface area contributed by atoms with Crippen LogP contribution in [0, 0.1) is 17.3 Å². The number of likely N-dealkylation sites (N-methyl/N-ethyl adjacent to an activating group) is 7. The molecule has 1 spiro atoms. The standard InChI is InChI=1S/C77H115F3N12O14/c1-17-22-25-38-91-58(40-51-32-30-50(19-3)31-33-51)71(101)86(11)43-61(93)81-55(37-35-52-34-36-54(77(78,79)80)60(41-52)105-16)69(99)92-39-26-29-56(92)68(98)83-76(47-75(7,8)48-76)74(104)90(15)66(53-27-23-24-28-53)73(103)89(14)57(70(100)84(9)20-4)42-62(94)88(13)59(46-106-21-5)67(97)82-65(49(6)18-2)72(102)87(12)44-63(95)85(10)45-64(91)96/h17,22,30-34,36,41,49,53,55-59,65-66H,18-21,23-29,35,37-40,42-48H2,1-16H3,(H,81,93)(H,82,97)(H,83,98)/b22-17-/t49-,55-,56-,57-,58?,59-,65?,66-/m0/s1. The number of allylic oxidation sites excluding steroid dienone is 1. The molecule has 2 saturated carbocycles. The minimum atomic E-state index is -4.77. The summed E-state index contributed by atoms with van der Waals surface area (Å²) in [6.07, 6.45) is 2.14. The Morgan fingerprint density at radius 2 is 1.34 bits per heavy atom. The maximum Gasteiger partial charge on any atom is 0.419 e. The van der Waals surface area contributed by atoms with Gasteiger partial charge in [-0.3, -0.25) is 57.5 Å². The number of nitrogens with zero attached hydrogens (tertiary/aromatic N) is 9. The number of rotatable bonds is 18. The van der Waals surface area contributed by atoms with E-state index in [1.165, 1.54) is 86.0 Å². The number of amides is 12. The van der Waals surface area contributed by atoms with E-state index in [-0.39, 0.29) is 77.8 Å². The highest BCUT2D eigenvalue weighted by Crippen LogP contribution is 2.50. The molecule has 29 heteroatoms. The lowest BCUT2D eigenvalue weighted by atomic mass is 9.58.